The van der Waals surface area contributed by atoms with Crippen LogP contribution in [0.2, 0.25) is 0 Å². The molecule has 2 amide bonds. The molecule has 0 bridgehead atoms. The van der Waals surface area contributed by atoms with E-state index in [1.54, 1.807) is 0 Å². The van der Waals surface area contributed by atoms with Crippen molar-refractivity contribution in [2.24, 2.45) is 0 Å². The maximum absolute atomic E-state index is 12.8. The van der Waals surface area contributed by atoms with Crippen LogP contribution in [-0.4, -0.2) is 72.8 Å². The Morgan fingerprint density at radius 3 is 2.59 bits per heavy atom. The van der Waals surface area contributed by atoms with Gasteiger partial charge in [0.25, 0.3) is 0 Å². The molecule has 2 aromatic carbocycles. The van der Waals surface area contributed by atoms with Crippen LogP contribution in [0.1, 0.15) is 45.1 Å². The van der Waals surface area contributed by atoms with Gasteiger partial charge in [-0.2, -0.15) is 0 Å². The minimum atomic E-state index is 0.0616. The lowest BCUT2D eigenvalue weighted by Gasteiger charge is -2.40. The number of fused-ring (bicyclic) bond motifs is 3. The number of thioether (sulfide) groups is 1. The second-order valence-corrected chi connectivity index (χ2v) is 12.0. The van der Waals surface area contributed by atoms with Crippen LogP contribution in [0.4, 0.5) is 0 Å². The first-order chi connectivity index (χ1) is 18.9. The minimum absolute atomic E-state index is 0.0616. The third-order valence-corrected chi connectivity index (χ3v) is 8.59. The third kappa shape index (κ3) is 6.27. The van der Waals surface area contributed by atoms with E-state index in [9.17, 15) is 9.59 Å². The summed E-state index contributed by atoms with van der Waals surface area (Å²) in [7, 11) is 0. The van der Waals surface area contributed by atoms with E-state index in [0.717, 1.165) is 45.1 Å². The molecule has 1 saturated heterocycles. The lowest BCUT2D eigenvalue weighted by Crippen LogP contribution is -2.55. The smallest absolute Gasteiger partial charge is 0.222 e. The molecule has 0 saturated carbocycles. The summed E-state index contributed by atoms with van der Waals surface area (Å²) >= 11 is 5.04. The summed E-state index contributed by atoms with van der Waals surface area (Å²) in [5, 5.41) is 10.6. The number of benzene rings is 2. The molecule has 1 unspecified atom stereocenters. The summed E-state index contributed by atoms with van der Waals surface area (Å²) in [6.45, 7) is 6.56. The SMILES string of the molecule is CCCC(=O)N1CCN(C(=O)CCCSc2nnc3c4ccccc4n(Cc4ccc(Br)cc4)c3n2)CC1C. The van der Waals surface area contributed by atoms with Crippen LogP contribution in [0.5, 0.6) is 0 Å². The van der Waals surface area contributed by atoms with Crippen LogP contribution in [-0.2, 0) is 16.1 Å². The first-order valence-electron chi connectivity index (χ1n) is 13.5. The summed E-state index contributed by atoms with van der Waals surface area (Å²) < 4.78 is 3.25. The Labute approximate surface area is 241 Å². The van der Waals surface area contributed by atoms with Crippen LogP contribution in [0.25, 0.3) is 22.1 Å². The van der Waals surface area contributed by atoms with Crippen LogP contribution in [0.15, 0.2) is 58.2 Å². The molecule has 1 fully saturated rings. The predicted molar refractivity (Wildman–Crippen MR) is 159 cm³/mol. The van der Waals surface area contributed by atoms with Crippen LogP contribution in [0, 0.1) is 0 Å². The van der Waals surface area contributed by atoms with Crippen molar-refractivity contribution >= 4 is 61.6 Å². The average molecular weight is 610 g/mol. The molecule has 8 nitrogen and oxygen atoms in total. The zero-order chi connectivity index (χ0) is 27.4. The Kier molecular flexibility index (Phi) is 8.82. The maximum atomic E-state index is 12.8. The van der Waals surface area contributed by atoms with E-state index in [2.05, 4.69) is 55.0 Å². The first-order valence-corrected chi connectivity index (χ1v) is 15.3. The standard InChI is InChI=1S/C29H33BrN6O2S/c1-3-7-26(38)35-16-15-34(18-20(35)2)25(37)10-6-17-39-29-31-28-27(32-33-29)23-8-4-5-9-24(23)36(28)19-21-11-13-22(30)14-12-21/h4-5,8-9,11-14,20H,3,6-7,10,15-19H2,1-2H3. The van der Waals surface area contributed by atoms with Crippen molar-refractivity contribution in [2.75, 3.05) is 25.4 Å². The molecule has 2 aromatic heterocycles. The molecule has 4 aromatic rings. The largest absolute Gasteiger partial charge is 0.339 e. The molecule has 1 aliphatic heterocycles. The molecule has 39 heavy (non-hydrogen) atoms. The summed E-state index contributed by atoms with van der Waals surface area (Å²) in [5.41, 5.74) is 3.87. The van der Waals surface area contributed by atoms with Gasteiger partial charge < -0.3 is 14.4 Å². The normalized spacial score (nSPS) is 15.8. The van der Waals surface area contributed by atoms with Crippen molar-refractivity contribution in [3.8, 4) is 0 Å². The van der Waals surface area contributed by atoms with Crippen molar-refractivity contribution in [1.82, 2.24) is 29.5 Å². The number of carbonyl (C=O) groups excluding carboxylic acids is 2. The number of hydrogen-bond donors (Lipinski definition) is 0. The first kappa shape index (κ1) is 27.6. The van der Waals surface area contributed by atoms with E-state index < -0.39 is 0 Å². The van der Waals surface area contributed by atoms with E-state index in [1.807, 2.05) is 47.9 Å². The number of aromatic nitrogens is 4. The summed E-state index contributed by atoms with van der Waals surface area (Å²) in [4.78, 5) is 33.8. The zero-order valence-electron chi connectivity index (χ0n) is 22.3. The third-order valence-electron chi connectivity index (χ3n) is 7.14. The number of rotatable bonds is 9. The van der Waals surface area contributed by atoms with Gasteiger partial charge in [-0.05, 0) is 43.5 Å². The average Bonchev–Trinajstić information content (AvgIpc) is 3.25. The van der Waals surface area contributed by atoms with Crippen LogP contribution < -0.4 is 0 Å². The van der Waals surface area contributed by atoms with E-state index in [-0.39, 0.29) is 17.9 Å². The van der Waals surface area contributed by atoms with Gasteiger partial charge in [0.1, 0.15) is 5.52 Å². The zero-order valence-corrected chi connectivity index (χ0v) is 24.7. The summed E-state index contributed by atoms with van der Waals surface area (Å²) in [5.74, 6) is 1.07. The topological polar surface area (TPSA) is 84.2 Å². The van der Waals surface area contributed by atoms with Crippen molar-refractivity contribution in [1.29, 1.82) is 0 Å². The van der Waals surface area contributed by atoms with Gasteiger partial charge in [-0.1, -0.05) is 64.9 Å². The Morgan fingerprint density at radius 2 is 1.82 bits per heavy atom. The molecule has 1 aliphatic rings. The van der Waals surface area contributed by atoms with Crippen molar-refractivity contribution in [3.05, 3.63) is 58.6 Å². The lowest BCUT2D eigenvalue weighted by molar-refractivity contribution is -0.142. The number of amides is 2. The van der Waals surface area contributed by atoms with E-state index in [1.165, 1.54) is 17.3 Å². The Bertz CT molecular complexity index is 1470. The van der Waals surface area contributed by atoms with Gasteiger partial charge in [-0.3, -0.25) is 9.59 Å². The van der Waals surface area contributed by atoms with Gasteiger partial charge in [0, 0.05) is 60.7 Å². The molecular weight excluding hydrogens is 576 g/mol. The van der Waals surface area contributed by atoms with Gasteiger partial charge in [-0.25, -0.2) is 4.98 Å². The highest BCUT2D eigenvalue weighted by atomic mass is 79.9. The van der Waals surface area contributed by atoms with Gasteiger partial charge in [0.2, 0.25) is 17.0 Å². The van der Waals surface area contributed by atoms with Gasteiger partial charge in [-0.15, -0.1) is 10.2 Å². The number of piperazine rings is 1. The highest BCUT2D eigenvalue weighted by Crippen LogP contribution is 2.28. The fraction of sp³-hybridized carbons (Fsp3) is 0.414. The summed E-state index contributed by atoms with van der Waals surface area (Å²) in [6, 6.07) is 16.6. The molecule has 0 spiro atoms. The van der Waals surface area contributed by atoms with Gasteiger partial charge >= 0.3 is 0 Å². The van der Waals surface area contributed by atoms with E-state index >= 15 is 0 Å². The fourth-order valence-electron chi connectivity index (χ4n) is 5.14. The monoisotopic (exact) mass is 608 g/mol. The van der Waals surface area contributed by atoms with Crippen LogP contribution >= 0.6 is 27.7 Å². The fourth-order valence-corrected chi connectivity index (χ4v) is 6.13. The highest BCUT2D eigenvalue weighted by molar-refractivity contribution is 9.10. The Morgan fingerprint density at radius 1 is 1.03 bits per heavy atom. The minimum Gasteiger partial charge on any atom is -0.339 e. The second kappa shape index (κ2) is 12.5. The van der Waals surface area contributed by atoms with Gasteiger partial charge in [0.15, 0.2) is 5.65 Å². The maximum Gasteiger partial charge on any atom is 0.222 e. The molecule has 204 valence electrons. The number of nitrogens with zero attached hydrogens (tertiary/aromatic N) is 6. The van der Waals surface area contributed by atoms with E-state index in [0.29, 0.717) is 44.2 Å². The quantitative estimate of drug-likeness (QED) is 0.184. The van der Waals surface area contributed by atoms with Crippen molar-refractivity contribution in [2.45, 2.75) is 57.3 Å². The Balaban J connectivity index is 1.21. The molecular formula is C29H33BrN6O2S. The molecule has 3 heterocycles. The molecule has 1 atom stereocenters. The number of carbonyl (C=O) groups is 2. The molecule has 5 rings (SSSR count). The Hall–Kier alpha value is -2.98. The molecule has 0 radical (unpaired) electrons. The lowest BCUT2D eigenvalue weighted by atomic mass is 10.1. The van der Waals surface area contributed by atoms with Crippen LogP contribution in [0.3, 0.4) is 0 Å². The van der Waals surface area contributed by atoms with Crippen molar-refractivity contribution < 1.29 is 9.59 Å². The molecule has 10 heteroatoms. The molecule has 0 N–H and O–H groups in total. The number of para-hydroxylation sites is 1. The predicted octanol–water partition coefficient (Wildman–Crippen LogP) is 5.52. The molecule has 0 aliphatic carbocycles. The van der Waals surface area contributed by atoms with Crippen molar-refractivity contribution in [3.63, 3.8) is 0 Å². The number of halogens is 1. The number of hydrogen-bond acceptors (Lipinski definition) is 6. The van der Waals surface area contributed by atoms with Gasteiger partial charge in [0.05, 0.1) is 5.52 Å². The summed E-state index contributed by atoms with van der Waals surface area (Å²) in [6.07, 6.45) is 2.63. The highest BCUT2D eigenvalue weighted by Gasteiger charge is 2.29. The second-order valence-electron chi connectivity index (χ2n) is 9.97. The van der Waals surface area contributed by atoms with E-state index in [4.69, 9.17) is 4.98 Å².